The van der Waals surface area contributed by atoms with Gasteiger partial charge in [-0.15, -0.1) is 0 Å². The topological polar surface area (TPSA) is 26.3 Å². The van der Waals surface area contributed by atoms with E-state index in [1.165, 1.54) is 19.3 Å². The van der Waals surface area contributed by atoms with Crippen molar-refractivity contribution >= 4 is 5.97 Å². The first-order chi connectivity index (χ1) is 7.66. The summed E-state index contributed by atoms with van der Waals surface area (Å²) in [7, 11) is 0. The van der Waals surface area contributed by atoms with Crippen molar-refractivity contribution in [3.63, 3.8) is 0 Å². The Morgan fingerprint density at radius 2 is 1.75 bits per heavy atom. The zero-order chi connectivity index (χ0) is 12.2. The number of unbranched alkanes of at least 4 members (excludes halogenated alkanes) is 4. The largest absolute Gasteiger partial charge is 0.466 e. The first kappa shape index (κ1) is 15.5. The number of rotatable bonds is 10. The molecule has 0 aromatic carbocycles. The van der Waals surface area contributed by atoms with Gasteiger partial charge in [0.1, 0.15) is 0 Å². The van der Waals surface area contributed by atoms with Crippen LogP contribution in [0.2, 0.25) is 0 Å². The van der Waals surface area contributed by atoms with Gasteiger partial charge in [0.2, 0.25) is 0 Å². The Kier molecular flexibility index (Phi) is 10.6. The average Bonchev–Trinajstić information content (AvgIpc) is 2.24. The third-order valence-corrected chi connectivity index (χ3v) is 2.67. The fraction of sp³-hybridized carbons (Fsp3) is 0.929. The van der Waals surface area contributed by atoms with Crippen LogP contribution < -0.4 is 0 Å². The van der Waals surface area contributed by atoms with Gasteiger partial charge in [0.25, 0.3) is 0 Å². The number of hydrogen-bond donors (Lipinski definition) is 0. The first-order valence-electron chi connectivity index (χ1n) is 6.82. The van der Waals surface area contributed by atoms with E-state index in [4.69, 9.17) is 4.74 Å². The molecule has 0 aromatic rings. The molecule has 0 aliphatic heterocycles. The van der Waals surface area contributed by atoms with E-state index in [0.717, 1.165) is 25.7 Å². The molecule has 0 rings (SSSR count). The fourth-order valence-electron chi connectivity index (χ4n) is 1.62. The van der Waals surface area contributed by atoms with Crippen molar-refractivity contribution in [2.75, 3.05) is 6.61 Å². The number of carbonyl (C=O) groups is 1. The Balaban J connectivity index is 3.18. The summed E-state index contributed by atoms with van der Waals surface area (Å²) in [6.07, 6.45) is 8.67. The first-order valence-corrected chi connectivity index (χ1v) is 6.82. The van der Waals surface area contributed by atoms with Gasteiger partial charge in [-0.25, -0.2) is 0 Å². The van der Waals surface area contributed by atoms with E-state index in [2.05, 4.69) is 20.8 Å². The summed E-state index contributed by atoms with van der Waals surface area (Å²) in [6.45, 7) is 7.18. The number of ether oxygens (including phenoxy) is 1. The van der Waals surface area contributed by atoms with Crippen LogP contribution >= 0.6 is 0 Å². The molecule has 0 saturated carbocycles. The van der Waals surface area contributed by atoms with Crippen LogP contribution in [0.15, 0.2) is 0 Å². The van der Waals surface area contributed by atoms with Gasteiger partial charge in [0.05, 0.1) is 6.61 Å². The van der Waals surface area contributed by atoms with E-state index in [0.29, 0.717) is 18.9 Å². The van der Waals surface area contributed by atoms with Gasteiger partial charge in [-0.3, -0.25) is 4.79 Å². The lowest BCUT2D eigenvalue weighted by atomic mass is 10.1. The molecule has 0 saturated heterocycles. The van der Waals surface area contributed by atoms with E-state index in [-0.39, 0.29) is 5.97 Å². The molecule has 2 nitrogen and oxygen atoms in total. The minimum Gasteiger partial charge on any atom is -0.466 e. The van der Waals surface area contributed by atoms with Crippen molar-refractivity contribution in [3.05, 3.63) is 0 Å². The maximum Gasteiger partial charge on any atom is 0.305 e. The molecule has 0 bridgehead atoms. The third kappa shape index (κ3) is 11.5. The lowest BCUT2D eigenvalue weighted by Crippen LogP contribution is -2.06. The highest BCUT2D eigenvalue weighted by Gasteiger charge is 2.02. The second-order valence-electron chi connectivity index (χ2n) is 4.92. The molecule has 0 atom stereocenters. The molecule has 0 N–H and O–H groups in total. The van der Waals surface area contributed by atoms with Crippen LogP contribution in [0.3, 0.4) is 0 Å². The van der Waals surface area contributed by atoms with Crippen LogP contribution in [0.5, 0.6) is 0 Å². The molecule has 96 valence electrons. The van der Waals surface area contributed by atoms with Gasteiger partial charge in [-0.2, -0.15) is 0 Å². The summed E-state index contributed by atoms with van der Waals surface area (Å²) in [5.41, 5.74) is 0. The number of carbonyl (C=O) groups excluding carboxylic acids is 1. The smallest absolute Gasteiger partial charge is 0.305 e. The highest BCUT2D eigenvalue weighted by molar-refractivity contribution is 5.69. The lowest BCUT2D eigenvalue weighted by Gasteiger charge is -2.06. The Morgan fingerprint density at radius 1 is 1.06 bits per heavy atom. The van der Waals surface area contributed by atoms with Gasteiger partial charge in [0, 0.05) is 6.42 Å². The molecule has 0 fully saturated rings. The molecule has 0 spiro atoms. The average molecular weight is 228 g/mol. The Bertz CT molecular complexity index is 164. The van der Waals surface area contributed by atoms with E-state index >= 15 is 0 Å². The van der Waals surface area contributed by atoms with Crippen molar-refractivity contribution in [2.24, 2.45) is 5.92 Å². The zero-order valence-electron chi connectivity index (χ0n) is 11.3. The highest BCUT2D eigenvalue weighted by atomic mass is 16.5. The zero-order valence-corrected chi connectivity index (χ0v) is 11.3. The normalized spacial score (nSPS) is 10.8. The fourth-order valence-corrected chi connectivity index (χ4v) is 1.62. The number of hydrogen-bond acceptors (Lipinski definition) is 2. The lowest BCUT2D eigenvalue weighted by molar-refractivity contribution is -0.143. The summed E-state index contributed by atoms with van der Waals surface area (Å²) in [5.74, 6) is 0.688. The summed E-state index contributed by atoms with van der Waals surface area (Å²) >= 11 is 0. The van der Waals surface area contributed by atoms with Gasteiger partial charge in [-0.05, 0) is 25.2 Å². The predicted octanol–water partition coefficient (Wildman–Crippen LogP) is 4.33. The molecule has 0 aromatic heterocycles. The van der Waals surface area contributed by atoms with E-state index in [9.17, 15) is 4.79 Å². The Labute approximate surface area is 101 Å². The molecule has 2 heteroatoms. The van der Waals surface area contributed by atoms with Crippen molar-refractivity contribution in [3.8, 4) is 0 Å². The van der Waals surface area contributed by atoms with Crippen LogP contribution in [-0.2, 0) is 9.53 Å². The summed E-state index contributed by atoms with van der Waals surface area (Å²) < 4.78 is 5.16. The highest BCUT2D eigenvalue weighted by Crippen LogP contribution is 2.07. The molecular formula is C14H28O2. The summed E-state index contributed by atoms with van der Waals surface area (Å²) in [6, 6.07) is 0. The van der Waals surface area contributed by atoms with Gasteiger partial charge >= 0.3 is 5.97 Å². The molecular weight excluding hydrogens is 200 g/mol. The molecule has 0 aliphatic rings. The quantitative estimate of drug-likeness (QED) is 0.411. The third-order valence-electron chi connectivity index (χ3n) is 2.67. The second kappa shape index (κ2) is 11.0. The van der Waals surface area contributed by atoms with E-state index < -0.39 is 0 Å². The van der Waals surface area contributed by atoms with E-state index in [1.807, 2.05) is 0 Å². The van der Waals surface area contributed by atoms with Crippen molar-refractivity contribution in [1.82, 2.24) is 0 Å². The maximum absolute atomic E-state index is 11.3. The van der Waals surface area contributed by atoms with Crippen LogP contribution in [0, 0.1) is 5.92 Å². The van der Waals surface area contributed by atoms with Crippen molar-refractivity contribution in [2.45, 2.75) is 72.1 Å². The Morgan fingerprint density at radius 3 is 2.38 bits per heavy atom. The SMILES string of the molecule is CCCCCCCC(=O)OCCCC(C)C. The monoisotopic (exact) mass is 228 g/mol. The predicted molar refractivity (Wildman–Crippen MR) is 68.4 cm³/mol. The minimum atomic E-state index is -0.0137. The van der Waals surface area contributed by atoms with E-state index in [1.54, 1.807) is 0 Å². The Hall–Kier alpha value is -0.530. The molecule has 0 radical (unpaired) electrons. The van der Waals surface area contributed by atoms with Crippen molar-refractivity contribution < 1.29 is 9.53 Å². The molecule has 0 amide bonds. The maximum atomic E-state index is 11.3. The molecule has 0 aliphatic carbocycles. The standard InChI is InChI=1S/C14H28O2/c1-4-5-6-7-8-11-14(15)16-12-9-10-13(2)3/h13H,4-12H2,1-3H3. The summed E-state index contributed by atoms with van der Waals surface area (Å²) in [5, 5.41) is 0. The molecule has 0 heterocycles. The van der Waals surface area contributed by atoms with Gasteiger partial charge in [0.15, 0.2) is 0 Å². The van der Waals surface area contributed by atoms with Crippen molar-refractivity contribution in [1.29, 1.82) is 0 Å². The van der Waals surface area contributed by atoms with Crippen LogP contribution in [0.4, 0.5) is 0 Å². The van der Waals surface area contributed by atoms with Crippen LogP contribution in [0.1, 0.15) is 72.1 Å². The minimum absolute atomic E-state index is 0.0137. The van der Waals surface area contributed by atoms with Crippen LogP contribution in [-0.4, -0.2) is 12.6 Å². The van der Waals surface area contributed by atoms with Gasteiger partial charge in [-0.1, -0.05) is 46.5 Å². The number of esters is 1. The second-order valence-corrected chi connectivity index (χ2v) is 4.92. The van der Waals surface area contributed by atoms with Crippen LogP contribution in [0.25, 0.3) is 0 Å². The molecule has 0 unspecified atom stereocenters. The van der Waals surface area contributed by atoms with Gasteiger partial charge < -0.3 is 4.74 Å². The molecule has 16 heavy (non-hydrogen) atoms. The summed E-state index contributed by atoms with van der Waals surface area (Å²) in [4.78, 5) is 11.3.